The lowest BCUT2D eigenvalue weighted by molar-refractivity contribution is -0.129. The molecule has 14 heteroatoms. The van der Waals surface area contributed by atoms with Crippen LogP contribution in [0.5, 0.6) is 0 Å². The molecule has 0 saturated carbocycles. The first-order chi connectivity index (χ1) is 14.6. The van der Waals surface area contributed by atoms with Crippen LogP contribution in [0.1, 0.15) is 42.5 Å². The molecule has 2 aliphatic heterocycles. The topological polar surface area (TPSA) is 113 Å². The molecular formula is C18H23ClF3N3O5S2. The molecule has 8 nitrogen and oxygen atoms in total. The zero-order valence-electron chi connectivity index (χ0n) is 17.0. The minimum Gasteiger partial charge on any atom is -0.349 e. The van der Waals surface area contributed by atoms with Gasteiger partial charge in [0.05, 0.1) is 29.7 Å². The van der Waals surface area contributed by atoms with E-state index in [2.05, 4.69) is 5.32 Å². The highest BCUT2D eigenvalue weighted by Gasteiger charge is 2.45. The van der Waals surface area contributed by atoms with Crippen LogP contribution in [-0.2, 0) is 20.0 Å². The van der Waals surface area contributed by atoms with Crippen molar-refractivity contribution in [2.75, 3.05) is 16.7 Å². The Morgan fingerprint density at radius 1 is 1.16 bits per heavy atom. The van der Waals surface area contributed by atoms with Gasteiger partial charge in [-0.3, -0.25) is 9.52 Å². The molecule has 0 aliphatic carbocycles. The number of halogens is 4. The average Bonchev–Trinajstić information content (AvgIpc) is 2.91. The molecule has 2 unspecified atom stereocenters. The Hall–Kier alpha value is -1.57. The lowest BCUT2D eigenvalue weighted by Gasteiger charge is -2.37. The van der Waals surface area contributed by atoms with E-state index in [1.54, 1.807) is 0 Å². The van der Waals surface area contributed by atoms with E-state index in [0.717, 1.165) is 12.3 Å². The Labute approximate surface area is 189 Å². The van der Waals surface area contributed by atoms with E-state index in [-0.39, 0.29) is 34.4 Å². The summed E-state index contributed by atoms with van der Waals surface area (Å²) >= 11 is 5.89. The average molecular weight is 518 g/mol. The molecule has 1 aromatic carbocycles. The molecular weight excluding hydrogens is 495 g/mol. The van der Waals surface area contributed by atoms with Crippen LogP contribution in [0.25, 0.3) is 0 Å². The minimum absolute atomic E-state index is 0.0922. The molecule has 2 aliphatic rings. The summed E-state index contributed by atoms with van der Waals surface area (Å²) in [6, 6.07) is 3.01. The zero-order chi connectivity index (χ0) is 23.9. The second kappa shape index (κ2) is 8.99. The molecule has 2 heterocycles. The van der Waals surface area contributed by atoms with Gasteiger partial charge in [-0.05, 0) is 43.9 Å². The van der Waals surface area contributed by atoms with Gasteiger partial charge in [0.25, 0.3) is 5.91 Å². The molecule has 0 spiro atoms. The quantitative estimate of drug-likeness (QED) is 0.577. The van der Waals surface area contributed by atoms with Gasteiger partial charge >= 0.3 is 6.18 Å². The lowest BCUT2D eigenvalue weighted by atomic mass is 9.99. The van der Waals surface area contributed by atoms with Crippen LogP contribution in [0.4, 0.5) is 18.9 Å². The van der Waals surface area contributed by atoms with E-state index in [0.29, 0.717) is 25.7 Å². The fraction of sp³-hybridized carbons (Fsp3) is 0.611. The van der Waals surface area contributed by atoms with E-state index >= 15 is 0 Å². The molecule has 2 N–H and O–H groups in total. The van der Waals surface area contributed by atoms with Gasteiger partial charge in [-0.15, -0.1) is 0 Å². The van der Waals surface area contributed by atoms with Crippen molar-refractivity contribution in [3.05, 3.63) is 28.8 Å². The summed E-state index contributed by atoms with van der Waals surface area (Å²) in [6.45, 7) is 0. The van der Waals surface area contributed by atoms with Gasteiger partial charge in [0.1, 0.15) is 0 Å². The fourth-order valence-electron chi connectivity index (χ4n) is 4.32. The Bertz CT molecular complexity index is 1080. The molecule has 3 rings (SSSR count). The number of hydrogen-bond donors (Lipinski definition) is 2. The number of benzene rings is 1. The van der Waals surface area contributed by atoms with Crippen LogP contribution in [0.3, 0.4) is 0 Å². The van der Waals surface area contributed by atoms with Crippen molar-refractivity contribution in [1.82, 2.24) is 9.62 Å². The van der Waals surface area contributed by atoms with E-state index in [1.807, 2.05) is 4.72 Å². The third-order valence-electron chi connectivity index (χ3n) is 5.53. The maximum Gasteiger partial charge on any atom is 0.390 e. The van der Waals surface area contributed by atoms with E-state index in [1.165, 1.54) is 16.4 Å². The summed E-state index contributed by atoms with van der Waals surface area (Å²) in [7, 11) is -7.75. The van der Waals surface area contributed by atoms with Gasteiger partial charge < -0.3 is 5.32 Å². The standard InChI is InChI=1S/C18H23ClF3N3O5S2/c1-31(27,28)25-13-3-4-14(25)10-12(9-13)23-17(26)15-5-2-11(19)8-16(15)24-32(29,30)7-6-18(20,21)22/h2,5,8,12-14,24H,3-4,6-7,9-10H2,1H3,(H,23,26). The van der Waals surface area contributed by atoms with Crippen molar-refractivity contribution in [2.24, 2.45) is 0 Å². The number of anilines is 1. The van der Waals surface area contributed by atoms with Crippen molar-refractivity contribution in [2.45, 2.75) is 56.4 Å². The second-order valence-corrected chi connectivity index (χ2v) is 12.3. The van der Waals surface area contributed by atoms with Crippen LogP contribution in [0.15, 0.2) is 18.2 Å². The lowest BCUT2D eigenvalue weighted by Crippen LogP contribution is -2.52. The van der Waals surface area contributed by atoms with Crippen LogP contribution in [-0.4, -0.2) is 63.4 Å². The summed E-state index contributed by atoms with van der Waals surface area (Å²) in [4.78, 5) is 12.9. The third-order valence-corrected chi connectivity index (χ3v) is 8.40. The van der Waals surface area contributed by atoms with E-state index in [9.17, 15) is 34.8 Å². The number of nitrogens with zero attached hydrogens (tertiary/aromatic N) is 1. The van der Waals surface area contributed by atoms with E-state index in [4.69, 9.17) is 11.6 Å². The predicted octanol–water partition coefficient (Wildman–Crippen LogP) is 2.72. The smallest absolute Gasteiger partial charge is 0.349 e. The molecule has 2 atom stereocenters. The number of fused-ring (bicyclic) bond motifs is 2. The van der Waals surface area contributed by atoms with Crippen molar-refractivity contribution < 1.29 is 34.8 Å². The minimum atomic E-state index is -4.65. The van der Waals surface area contributed by atoms with Crippen LogP contribution < -0.4 is 10.0 Å². The number of carbonyl (C=O) groups excluding carboxylic acids is 1. The first kappa shape index (κ1) is 25.1. The highest BCUT2D eigenvalue weighted by atomic mass is 35.5. The van der Waals surface area contributed by atoms with E-state index < -0.39 is 44.3 Å². The highest BCUT2D eigenvalue weighted by molar-refractivity contribution is 7.92. The SMILES string of the molecule is CS(=O)(=O)N1C2CCC1CC(NC(=O)c1ccc(Cl)cc1NS(=O)(=O)CCC(F)(F)F)C2. The Balaban J connectivity index is 1.73. The molecule has 2 fully saturated rings. The maximum absolute atomic E-state index is 12.9. The van der Waals surface area contributed by atoms with Crippen LogP contribution in [0, 0.1) is 0 Å². The number of carbonyl (C=O) groups is 1. The van der Waals surface area contributed by atoms with Crippen LogP contribution in [0.2, 0.25) is 5.02 Å². The van der Waals surface area contributed by atoms with Gasteiger partial charge in [0.2, 0.25) is 20.0 Å². The molecule has 2 bridgehead atoms. The number of sulfonamides is 2. The molecule has 1 amide bonds. The van der Waals surface area contributed by atoms with Crippen LogP contribution >= 0.6 is 11.6 Å². The highest BCUT2D eigenvalue weighted by Crippen LogP contribution is 2.37. The fourth-order valence-corrected chi connectivity index (χ4v) is 7.07. The van der Waals surface area contributed by atoms with Gasteiger partial charge in [-0.2, -0.15) is 17.5 Å². The van der Waals surface area contributed by atoms with Crippen molar-refractivity contribution in [3.8, 4) is 0 Å². The van der Waals surface area contributed by atoms with Gasteiger partial charge in [-0.25, -0.2) is 16.8 Å². The Kier molecular flexibility index (Phi) is 7.04. The number of piperidine rings is 1. The summed E-state index contributed by atoms with van der Waals surface area (Å²) < 4.78 is 88.9. The normalized spacial score (nSPS) is 24.3. The van der Waals surface area contributed by atoms with Gasteiger partial charge in [0.15, 0.2) is 0 Å². The molecule has 2 saturated heterocycles. The van der Waals surface area contributed by atoms with Crippen molar-refractivity contribution in [3.63, 3.8) is 0 Å². The monoisotopic (exact) mass is 517 g/mol. The van der Waals surface area contributed by atoms with Gasteiger partial charge in [0, 0.05) is 23.1 Å². The van der Waals surface area contributed by atoms with Crippen molar-refractivity contribution >= 4 is 43.2 Å². The predicted molar refractivity (Wildman–Crippen MR) is 114 cm³/mol. The largest absolute Gasteiger partial charge is 0.390 e. The molecule has 1 aromatic rings. The third kappa shape index (κ3) is 6.27. The number of rotatable bonds is 7. The molecule has 180 valence electrons. The number of alkyl halides is 3. The Morgan fingerprint density at radius 2 is 1.75 bits per heavy atom. The summed E-state index contributed by atoms with van der Waals surface area (Å²) in [5.41, 5.74) is -0.323. The number of nitrogens with one attached hydrogen (secondary N) is 2. The molecule has 32 heavy (non-hydrogen) atoms. The first-order valence-corrected chi connectivity index (χ1v) is 13.7. The summed E-state index contributed by atoms with van der Waals surface area (Å²) in [5.74, 6) is -1.83. The number of amides is 1. The molecule has 0 radical (unpaired) electrons. The Morgan fingerprint density at radius 3 is 2.28 bits per heavy atom. The second-order valence-electron chi connectivity index (χ2n) is 8.10. The van der Waals surface area contributed by atoms with Crippen molar-refractivity contribution in [1.29, 1.82) is 0 Å². The first-order valence-electron chi connectivity index (χ1n) is 9.81. The molecule has 0 aromatic heterocycles. The number of hydrogen-bond acceptors (Lipinski definition) is 5. The summed E-state index contributed by atoms with van der Waals surface area (Å²) in [5, 5.41) is 2.88. The maximum atomic E-state index is 12.9. The summed E-state index contributed by atoms with van der Waals surface area (Å²) in [6.07, 6.45) is -2.83. The zero-order valence-corrected chi connectivity index (χ0v) is 19.4. The van der Waals surface area contributed by atoms with Gasteiger partial charge in [-0.1, -0.05) is 11.6 Å².